The van der Waals surface area contributed by atoms with Gasteiger partial charge in [0.25, 0.3) is 0 Å². The second-order valence-electron chi connectivity index (χ2n) is 14.2. The van der Waals surface area contributed by atoms with Crippen molar-refractivity contribution in [2.24, 2.45) is 0 Å². The van der Waals surface area contributed by atoms with E-state index >= 15 is 0 Å². The van der Waals surface area contributed by atoms with Crippen LogP contribution >= 0.6 is 0 Å². The molecule has 0 saturated heterocycles. The number of rotatable bonds is 6. The van der Waals surface area contributed by atoms with Crippen molar-refractivity contribution in [2.75, 3.05) is 6.61 Å². The van der Waals surface area contributed by atoms with Crippen LogP contribution in [0.5, 0.6) is 0 Å². The normalized spacial score (nSPS) is 11.9. The van der Waals surface area contributed by atoms with Crippen molar-refractivity contribution < 1.29 is 5.11 Å². The highest BCUT2D eigenvalue weighted by Crippen LogP contribution is 2.38. The highest BCUT2D eigenvalue weighted by molar-refractivity contribution is 6.12. The van der Waals surface area contributed by atoms with Crippen LogP contribution in [0, 0.1) is 0 Å². The Morgan fingerprint density at radius 1 is 0.315 bits per heavy atom. The van der Waals surface area contributed by atoms with Gasteiger partial charge in [0.05, 0.1) is 33.1 Å². The predicted octanol–water partition coefficient (Wildman–Crippen LogP) is 12.2. The van der Waals surface area contributed by atoms with Crippen LogP contribution in [0.2, 0.25) is 0 Å². The quantitative estimate of drug-likeness (QED) is 0.185. The zero-order valence-electron chi connectivity index (χ0n) is 29.5. The van der Waals surface area contributed by atoms with Crippen molar-refractivity contribution in [3.8, 4) is 28.2 Å². The number of hydrogen-bond donors (Lipinski definition) is 1. The Labute approximate surface area is 312 Å². The zero-order chi connectivity index (χ0) is 35.8. The highest BCUT2D eigenvalue weighted by Gasteiger charge is 2.17. The Hall–Kier alpha value is -6.88. The molecule has 0 saturated carbocycles. The molecule has 0 aliphatic heterocycles. The molecule has 1 N–H and O–H groups in total. The van der Waals surface area contributed by atoms with Crippen LogP contribution in [-0.4, -0.2) is 25.4 Å². The minimum atomic E-state index is 0.132. The van der Waals surface area contributed by atoms with Gasteiger partial charge in [0, 0.05) is 56.0 Å². The number of fused-ring (bicyclic) bond motifs is 9. The lowest BCUT2D eigenvalue weighted by Gasteiger charge is -2.13. The zero-order valence-corrected chi connectivity index (χ0v) is 29.5. The lowest BCUT2D eigenvalue weighted by atomic mass is 10.0. The Morgan fingerprint density at radius 3 is 1.33 bits per heavy atom. The number of aliphatic hydroxyl groups is 1. The third kappa shape index (κ3) is 4.60. The number of aromatic nitrogens is 3. The number of hydrogen-bond acceptors (Lipinski definition) is 1. The lowest BCUT2D eigenvalue weighted by Crippen LogP contribution is -1.98. The first kappa shape index (κ1) is 30.7. The number of para-hydroxylation sites is 4. The molecule has 0 fully saturated rings. The SMILES string of the molecule is OCCc1ccc2c3ccccc3n(-c3cccc(-c4ccc5c(c4)c4ccccc4n5-c4cccc(-n5c6ccccc6c6ccccc65)c4)c3)c2c1. The van der Waals surface area contributed by atoms with E-state index in [2.05, 4.69) is 196 Å². The first-order chi connectivity index (χ1) is 26.7. The molecule has 0 unspecified atom stereocenters. The molecule has 0 amide bonds. The Balaban J connectivity index is 1.07. The van der Waals surface area contributed by atoms with Crippen molar-refractivity contribution >= 4 is 65.4 Å². The van der Waals surface area contributed by atoms with Gasteiger partial charge in [-0.3, -0.25) is 0 Å². The van der Waals surface area contributed by atoms with E-state index in [4.69, 9.17) is 0 Å². The molecule has 0 bridgehead atoms. The van der Waals surface area contributed by atoms with E-state index in [1.165, 1.54) is 65.5 Å². The van der Waals surface area contributed by atoms with Gasteiger partial charge in [0.2, 0.25) is 0 Å². The van der Waals surface area contributed by atoms with E-state index in [0.29, 0.717) is 6.42 Å². The predicted molar refractivity (Wildman–Crippen MR) is 226 cm³/mol. The molecule has 0 spiro atoms. The van der Waals surface area contributed by atoms with Crippen molar-refractivity contribution in [3.05, 3.63) is 188 Å². The lowest BCUT2D eigenvalue weighted by molar-refractivity contribution is 0.299. The maximum Gasteiger partial charge on any atom is 0.0543 e. The summed E-state index contributed by atoms with van der Waals surface area (Å²) in [4.78, 5) is 0. The standard InChI is InChI=1S/C50H35N3O/c54-28-27-33-23-25-43-41-17-3-7-21-47(41)53(50(43)29-33)36-12-9-11-34(30-36)35-24-26-49-44(31-35)42-18-4-8-22-48(42)52(49)38-14-10-13-37(32-38)51-45-19-5-1-15-39(45)40-16-2-6-20-46(40)51/h1-26,29-32,54H,27-28H2. The smallest absolute Gasteiger partial charge is 0.0543 e. The van der Waals surface area contributed by atoms with Crippen molar-refractivity contribution in [1.82, 2.24) is 13.7 Å². The summed E-state index contributed by atoms with van der Waals surface area (Å²) in [5.41, 5.74) is 13.9. The number of nitrogens with zero attached hydrogens (tertiary/aromatic N) is 3. The molecule has 256 valence electrons. The molecule has 3 aromatic heterocycles. The summed E-state index contributed by atoms with van der Waals surface area (Å²) in [6.45, 7) is 0.132. The summed E-state index contributed by atoms with van der Waals surface area (Å²) < 4.78 is 7.16. The van der Waals surface area contributed by atoms with E-state index in [1.54, 1.807) is 0 Å². The first-order valence-electron chi connectivity index (χ1n) is 18.6. The molecule has 4 heteroatoms. The molecule has 0 atom stereocenters. The monoisotopic (exact) mass is 693 g/mol. The number of aliphatic hydroxyl groups excluding tert-OH is 1. The maximum absolute atomic E-state index is 9.70. The van der Waals surface area contributed by atoms with Crippen LogP contribution in [0.25, 0.3) is 93.6 Å². The molecule has 0 aliphatic carbocycles. The van der Waals surface area contributed by atoms with Crippen molar-refractivity contribution in [1.29, 1.82) is 0 Å². The van der Waals surface area contributed by atoms with Crippen LogP contribution in [0.1, 0.15) is 5.56 Å². The molecular weight excluding hydrogens is 659 g/mol. The van der Waals surface area contributed by atoms with E-state index in [9.17, 15) is 5.11 Å². The third-order valence-electron chi connectivity index (χ3n) is 11.2. The second-order valence-corrected chi connectivity index (χ2v) is 14.2. The summed E-state index contributed by atoms with van der Waals surface area (Å²) >= 11 is 0. The van der Waals surface area contributed by atoms with Crippen LogP contribution in [0.3, 0.4) is 0 Å². The van der Waals surface area contributed by atoms with Gasteiger partial charge in [-0.2, -0.15) is 0 Å². The minimum Gasteiger partial charge on any atom is -0.396 e. The molecule has 0 radical (unpaired) electrons. The van der Waals surface area contributed by atoms with Gasteiger partial charge in [-0.05, 0) is 95.9 Å². The average molecular weight is 694 g/mol. The summed E-state index contributed by atoms with van der Waals surface area (Å²) in [6, 6.07) is 66.0. The van der Waals surface area contributed by atoms with Gasteiger partial charge in [-0.15, -0.1) is 0 Å². The first-order valence-corrected chi connectivity index (χ1v) is 18.6. The third-order valence-corrected chi connectivity index (χ3v) is 11.2. The topological polar surface area (TPSA) is 35.0 Å². The van der Waals surface area contributed by atoms with Gasteiger partial charge in [0.15, 0.2) is 0 Å². The molecule has 11 aromatic rings. The largest absolute Gasteiger partial charge is 0.396 e. The molecule has 3 heterocycles. The summed E-state index contributed by atoms with van der Waals surface area (Å²) in [7, 11) is 0. The summed E-state index contributed by atoms with van der Waals surface area (Å²) in [5.74, 6) is 0. The number of benzene rings is 8. The summed E-state index contributed by atoms with van der Waals surface area (Å²) in [5, 5.41) is 17.1. The maximum atomic E-state index is 9.70. The fourth-order valence-electron chi connectivity index (χ4n) is 8.81. The molecule has 11 rings (SSSR count). The molecule has 8 aromatic carbocycles. The Bertz CT molecular complexity index is 3200. The highest BCUT2D eigenvalue weighted by atomic mass is 16.2. The fourth-order valence-corrected chi connectivity index (χ4v) is 8.81. The van der Waals surface area contributed by atoms with Gasteiger partial charge in [0.1, 0.15) is 0 Å². The molecule has 0 aliphatic rings. The van der Waals surface area contributed by atoms with Crippen LogP contribution < -0.4 is 0 Å². The van der Waals surface area contributed by atoms with E-state index in [0.717, 1.165) is 33.7 Å². The second kappa shape index (κ2) is 12.1. The fraction of sp³-hybridized carbons (Fsp3) is 0.0400. The van der Waals surface area contributed by atoms with Crippen molar-refractivity contribution in [3.63, 3.8) is 0 Å². The van der Waals surface area contributed by atoms with E-state index in [-0.39, 0.29) is 6.61 Å². The molecule has 54 heavy (non-hydrogen) atoms. The van der Waals surface area contributed by atoms with Gasteiger partial charge in [-0.1, -0.05) is 109 Å². The molecular formula is C50H35N3O. The van der Waals surface area contributed by atoms with Gasteiger partial charge >= 0.3 is 0 Å². The van der Waals surface area contributed by atoms with Crippen LogP contribution in [0.4, 0.5) is 0 Å². The van der Waals surface area contributed by atoms with E-state index < -0.39 is 0 Å². The minimum absolute atomic E-state index is 0.132. The van der Waals surface area contributed by atoms with Crippen LogP contribution in [0.15, 0.2) is 182 Å². The van der Waals surface area contributed by atoms with Crippen molar-refractivity contribution in [2.45, 2.75) is 6.42 Å². The van der Waals surface area contributed by atoms with E-state index in [1.807, 2.05) is 0 Å². The van der Waals surface area contributed by atoms with Gasteiger partial charge < -0.3 is 18.8 Å². The Kier molecular flexibility index (Phi) is 6.88. The average Bonchev–Trinajstić information content (AvgIpc) is 3.86. The molecule has 4 nitrogen and oxygen atoms in total. The van der Waals surface area contributed by atoms with Gasteiger partial charge in [-0.25, -0.2) is 0 Å². The summed E-state index contributed by atoms with van der Waals surface area (Å²) in [6.07, 6.45) is 0.635. The Morgan fingerprint density at radius 2 is 0.759 bits per heavy atom. The van der Waals surface area contributed by atoms with Crippen LogP contribution in [-0.2, 0) is 6.42 Å².